The molecule has 0 spiro atoms. The van der Waals surface area contributed by atoms with Crippen LogP contribution in [-0.4, -0.2) is 49.8 Å². The van der Waals surface area contributed by atoms with Crippen LogP contribution in [0.4, 0.5) is 4.79 Å². The molecule has 22 heavy (non-hydrogen) atoms. The molecule has 2 N–H and O–H groups in total. The van der Waals surface area contributed by atoms with Crippen LogP contribution in [0.15, 0.2) is 17.5 Å². The topological polar surface area (TPSA) is 53.6 Å². The Balaban J connectivity index is 1.30. The van der Waals surface area contributed by atoms with E-state index in [4.69, 9.17) is 4.74 Å². The number of piperidine rings is 1. The Morgan fingerprint density at radius 2 is 2.18 bits per heavy atom. The van der Waals surface area contributed by atoms with Crippen molar-refractivity contribution in [2.75, 3.05) is 32.8 Å². The minimum absolute atomic E-state index is 0.0555. The van der Waals surface area contributed by atoms with Crippen LogP contribution in [0.25, 0.3) is 0 Å². The fourth-order valence-corrected chi connectivity index (χ4v) is 3.86. The van der Waals surface area contributed by atoms with Crippen LogP contribution in [0.1, 0.15) is 24.1 Å². The summed E-state index contributed by atoms with van der Waals surface area (Å²) in [6.45, 7) is 5.48. The highest BCUT2D eigenvalue weighted by Gasteiger charge is 2.27. The predicted molar refractivity (Wildman–Crippen MR) is 88.1 cm³/mol. The Labute approximate surface area is 136 Å². The van der Waals surface area contributed by atoms with E-state index in [2.05, 4.69) is 15.5 Å². The molecule has 2 saturated heterocycles. The van der Waals surface area contributed by atoms with Crippen molar-refractivity contribution >= 4 is 17.4 Å². The van der Waals surface area contributed by atoms with Gasteiger partial charge in [0.1, 0.15) is 0 Å². The average molecular weight is 323 g/mol. The summed E-state index contributed by atoms with van der Waals surface area (Å²) >= 11 is 1.67. The Bertz CT molecular complexity index is 452. The van der Waals surface area contributed by atoms with E-state index in [1.54, 1.807) is 11.3 Å². The normalized spacial score (nSPS) is 23.5. The van der Waals surface area contributed by atoms with Gasteiger partial charge in [0, 0.05) is 24.1 Å². The standard InChI is InChI=1S/C16H25N3O2S/c20-16(18-11-15-2-1-9-22-15)17-10-13-3-6-19(7-4-13)14-5-8-21-12-14/h1-2,9,13-14H,3-8,10-12H2,(H2,17,18,20). The maximum atomic E-state index is 11.8. The van der Waals surface area contributed by atoms with Crippen molar-refractivity contribution < 1.29 is 9.53 Å². The molecule has 0 radical (unpaired) electrons. The lowest BCUT2D eigenvalue weighted by Crippen LogP contribution is -2.45. The molecule has 0 aromatic carbocycles. The van der Waals surface area contributed by atoms with Crippen molar-refractivity contribution in [3.05, 3.63) is 22.4 Å². The van der Waals surface area contributed by atoms with Crippen molar-refractivity contribution in [2.24, 2.45) is 5.92 Å². The van der Waals surface area contributed by atoms with Gasteiger partial charge in [-0.2, -0.15) is 0 Å². The molecule has 2 amide bonds. The summed E-state index contributed by atoms with van der Waals surface area (Å²) < 4.78 is 5.47. The zero-order valence-electron chi connectivity index (χ0n) is 12.9. The Hall–Kier alpha value is -1.11. The molecule has 0 aliphatic carbocycles. The van der Waals surface area contributed by atoms with E-state index in [-0.39, 0.29) is 6.03 Å². The van der Waals surface area contributed by atoms with E-state index in [0.717, 1.165) is 32.8 Å². The van der Waals surface area contributed by atoms with Crippen molar-refractivity contribution in [1.82, 2.24) is 15.5 Å². The molecule has 2 aliphatic heterocycles. The molecular weight excluding hydrogens is 298 g/mol. The minimum Gasteiger partial charge on any atom is -0.380 e. The lowest BCUT2D eigenvalue weighted by atomic mass is 9.95. The first-order chi connectivity index (χ1) is 10.8. The number of hydrogen-bond acceptors (Lipinski definition) is 4. The van der Waals surface area contributed by atoms with Gasteiger partial charge in [0.2, 0.25) is 0 Å². The number of ether oxygens (including phenoxy) is 1. The van der Waals surface area contributed by atoms with Crippen LogP contribution in [0, 0.1) is 5.92 Å². The zero-order chi connectivity index (χ0) is 15.2. The highest BCUT2D eigenvalue weighted by molar-refractivity contribution is 7.09. The molecule has 6 heteroatoms. The van der Waals surface area contributed by atoms with Crippen LogP contribution < -0.4 is 10.6 Å². The van der Waals surface area contributed by atoms with Gasteiger partial charge in [-0.05, 0) is 49.7 Å². The molecule has 2 aliphatic rings. The molecule has 1 aromatic rings. The van der Waals surface area contributed by atoms with Crippen LogP contribution in [0.3, 0.4) is 0 Å². The third-order valence-electron chi connectivity index (χ3n) is 4.63. The summed E-state index contributed by atoms with van der Waals surface area (Å²) in [5.74, 6) is 0.603. The monoisotopic (exact) mass is 323 g/mol. The number of carbonyl (C=O) groups excluding carboxylic acids is 1. The van der Waals surface area contributed by atoms with Crippen LogP contribution in [0.2, 0.25) is 0 Å². The van der Waals surface area contributed by atoms with Gasteiger partial charge in [-0.25, -0.2) is 4.79 Å². The highest BCUT2D eigenvalue weighted by Crippen LogP contribution is 2.21. The first-order valence-electron chi connectivity index (χ1n) is 8.17. The summed E-state index contributed by atoms with van der Waals surface area (Å²) in [6, 6.07) is 4.61. The second-order valence-corrected chi connectivity index (χ2v) is 7.17. The number of nitrogens with one attached hydrogen (secondary N) is 2. The molecule has 1 unspecified atom stereocenters. The number of amides is 2. The van der Waals surface area contributed by atoms with E-state index in [1.807, 2.05) is 17.5 Å². The molecule has 0 saturated carbocycles. The minimum atomic E-state index is -0.0555. The highest BCUT2D eigenvalue weighted by atomic mass is 32.1. The van der Waals surface area contributed by atoms with Gasteiger partial charge in [-0.15, -0.1) is 11.3 Å². The number of thiophene rings is 1. The third-order valence-corrected chi connectivity index (χ3v) is 5.50. The summed E-state index contributed by atoms with van der Waals surface area (Å²) in [7, 11) is 0. The maximum absolute atomic E-state index is 11.8. The Morgan fingerprint density at radius 3 is 2.86 bits per heavy atom. The van der Waals surface area contributed by atoms with E-state index in [9.17, 15) is 4.79 Å². The lowest BCUT2D eigenvalue weighted by Gasteiger charge is -2.35. The molecule has 2 fully saturated rings. The Kier molecular flexibility index (Phi) is 5.70. The summed E-state index contributed by atoms with van der Waals surface area (Å²) in [5.41, 5.74) is 0. The quantitative estimate of drug-likeness (QED) is 0.872. The molecular formula is C16H25N3O2S. The molecule has 0 bridgehead atoms. The molecule has 1 atom stereocenters. The molecule has 3 rings (SSSR count). The van der Waals surface area contributed by atoms with E-state index < -0.39 is 0 Å². The fraction of sp³-hybridized carbons (Fsp3) is 0.688. The van der Waals surface area contributed by atoms with Gasteiger partial charge in [0.25, 0.3) is 0 Å². The lowest BCUT2D eigenvalue weighted by molar-refractivity contribution is 0.110. The first-order valence-corrected chi connectivity index (χ1v) is 9.05. The fourth-order valence-electron chi connectivity index (χ4n) is 3.21. The number of hydrogen-bond donors (Lipinski definition) is 2. The van der Waals surface area contributed by atoms with Gasteiger partial charge < -0.3 is 15.4 Å². The number of urea groups is 1. The largest absolute Gasteiger partial charge is 0.380 e. The first kappa shape index (κ1) is 15.8. The second-order valence-electron chi connectivity index (χ2n) is 6.14. The SMILES string of the molecule is O=C(NCc1cccs1)NCC1CCN(C2CCOC2)CC1. The van der Waals surface area contributed by atoms with Crippen molar-refractivity contribution in [2.45, 2.75) is 31.8 Å². The van der Waals surface area contributed by atoms with E-state index in [0.29, 0.717) is 18.5 Å². The van der Waals surface area contributed by atoms with Gasteiger partial charge in [-0.3, -0.25) is 4.90 Å². The van der Waals surface area contributed by atoms with E-state index >= 15 is 0 Å². The summed E-state index contributed by atoms with van der Waals surface area (Å²) in [5, 5.41) is 7.95. The molecule has 5 nitrogen and oxygen atoms in total. The summed E-state index contributed by atoms with van der Waals surface area (Å²) in [6.07, 6.45) is 3.51. The molecule has 3 heterocycles. The number of nitrogens with zero attached hydrogens (tertiary/aromatic N) is 1. The van der Waals surface area contributed by atoms with Crippen LogP contribution >= 0.6 is 11.3 Å². The van der Waals surface area contributed by atoms with Crippen molar-refractivity contribution in [3.63, 3.8) is 0 Å². The van der Waals surface area contributed by atoms with Gasteiger partial charge in [0.05, 0.1) is 13.2 Å². The second kappa shape index (κ2) is 7.94. The van der Waals surface area contributed by atoms with Gasteiger partial charge in [0.15, 0.2) is 0 Å². The smallest absolute Gasteiger partial charge is 0.315 e. The summed E-state index contributed by atoms with van der Waals surface area (Å²) in [4.78, 5) is 15.5. The number of rotatable bonds is 5. The maximum Gasteiger partial charge on any atom is 0.315 e. The predicted octanol–water partition coefficient (Wildman–Crippen LogP) is 2.05. The number of carbonyl (C=O) groups is 1. The molecule has 122 valence electrons. The molecule has 1 aromatic heterocycles. The number of likely N-dealkylation sites (tertiary alicyclic amines) is 1. The van der Waals surface area contributed by atoms with Crippen LogP contribution in [-0.2, 0) is 11.3 Å². The third kappa shape index (κ3) is 4.44. The van der Waals surface area contributed by atoms with Crippen LogP contribution in [0.5, 0.6) is 0 Å². The van der Waals surface area contributed by atoms with E-state index in [1.165, 1.54) is 24.1 Å². The average Bonchev–Trinajstić information content (AvgIpc) is 3.24. The van der Waals surface area contributed by atoms with Gasteiger partial charge >= 0.3 is 6.03 Å². The van der Waals surface area contributed by atoms with Crippen molar-refractivity contribution in [1.29, 1.82) is 0 Å². The van der Waals surface area contributed by atoms with Gasteiger partial charge in [-0.1, -0.05) is 6.07 Å². The Morgan fingerprint density at radius 1 is 1.32 bits per heavy atom. The zero-order valence-corrected chi connectivity index (χ0v) is 13.7. The van der Waals surface area contributed by atoms with Crippen molar-refractivity contribution in [3.8, 4) is 0 Å².